The van der Waals surface area contributed by atoms with Crippen LogP contribution < -0.4 is 10.6 Å². The van der Waals surface area contributed by atoms with Gasteiger partial charge in [-0.2, -0.15) is 0 Å². The van der Waals surface area contributed by atoms with E-state index in [1.54, 1.807) is 13.2 Å². The Morgan fingerprint density at radius 1 is 1.35 bits per heavy atom. The van der Waals surface area contributed by atoms with Gasteiger partial charge >= 0.3 is 5.97 Å². The van der Waals surface area contributed by atoms with Gasteiger partial charge in [0.2, 0.25) is 5.91 Å². The summed E-state index contributed by atoms with van der Waals surface area (Å²) in [6, 6.07) is 6.72. The van der Waals surface area contributed by atoms with Crippen molar-refractivity contribution in [1.82, 2.24) is 15.6 Å². The average molecular weight is 275 g/mol. The summed E-state index contributed by atoms with van der Waals surface area (Å²) in [5.74, 6) is -1.38. The van der Waals surface area contributed by atoms with Gasteiger partial charge in [-0.05, 0) is 18.7 Å². The van der Waals surface area contributed by atoms with Gasteiger partial charge in [0.05, 0.1) is 6.54 Å². The molecule has 1 atom stereocenters. The summed E-state index contributed by atoms with van der Waals surface area (Å²) >= 11 is 0. The van der Waals surface area contributed by atoms with Crippen LogP contribution in [-0.2, 0) is 16.0 Å². The van der Waals surface area contributed by atoms with Crippen molar-refractivity contribution >= 4 is 22.8 Å². The second-order valence-corrected chi connectivity index (χ2v) is 4.55. The maximum Gasteiger partial charge on any atom is 0.326 e. The van der Waals surface area contributed by atoms with E-state index >= 15 is 0 Å². The van der Waals surface area contributed by atoms with Gasteiger partial charge in [-0.3, -0.25) is 4.79 Å². The van der Waals surface area contributed by atoms with Gasteiger partial charge in [-0.1, -0.05) is 18.2 Å². The SMILES string of the molecule is CNCC(=O)NC(Cc1c[nH]c2ccccc12)C(=O)O. The minimum atomic E-state index is -1.04. The summed E-state index contributed by atoms with van der Waals surface area (Å²) in [6.07, 6.45) is 2.03. The Kier molecular flexibility index (Phi) is 4.37. The Bertz CT molecular complexity index is 621. The number of rotatable bonds is 6. The van der Waals surface area contributed by atoms with Crippen LogP contribution in [-0.4, -0.2) is 41.6 Å². The number of nitrogens with one attached hydrogen (secondary N) is 3. The number of H-pyrrole nitrogens is 1. The number of aromatic nitrogens is 1. The molecular weight excluding hydrogens is 258 g/mol. The van der Waals surface area contributed by atoms with Crippen molar-refractivity contribution < 1.29 is 14.7 Å². The molecule has 0 fully saturated rings. The third kappa shape index (κ3) is 3.16. The highest BCUT2D eigenvalue weighted by Gasteiger charge is 2.21. The Hall–Kier alpha value is -2.34. The summed E-state index contributed by atoms with van der Waals surface area (Å²) in [4.78, 5) is 25.9. The van der Waals surface area contributed by atoms with Crippen LogP contribution in [0.3, 0.4) is 0 Å². The van der Waals surface area contributed by atoms with Gasteiger partial charge in [0.1, 0.15) is 6.04 Å². The first-order chi connectivity index (χ1) is 9.61. The Balaban J connectivity index is 2.15. The summed E-state index contributed by atoms with van der Waals surface area (Å²) < 4.78 is 0. The van der Waals surface area contributed by atoms with Crippen molar-refractivity contribution in [2.45, 2.75) is 12.5 Å². The van der Waals surface area contributed by atoms with Crippen LogP contribution in [0.25, 0.3) is 10.9 Å². The number of carboxylic acids is 1. The summed E-state index contributed by atoms with van der Waals surface area (Å²) in [7, 11) is 1.63. The predicted octanol–water partition coefficient (Wildman–Crippen LogP) is 0.499. The largest absolute Gasteiger partial charge is 0.480 e. The van der Waals surface area contributed by atoms with E-state index in [1.165, 1.54) is 0 Å². The van der Waals surface area contributed by atoms with E-state index in [9.17, 15) is 14.7 Å². The lowest BCUT2D eigenvalue weighted by Gasteiger charge is -2.14. The van der Waals surface area contributed by atoms with Crippen molar-refractivity contribution in [2.24, 2.45) is 0 Å². The molecule has 1 unspecified atom stereocenters. The highest BCUT2D eigenvalue weighted by Crippen LogP contribution is 2.19. The molecule has 20 heavy (non-hydrogen) atoms. The van der Waals surface area contributed by atoms with Gasteiger partial charge in [0.15, 0.2) is 0 Å². The van der Waals surface area contributed by atoms with Gasteiger partial charge < -0.3 is 20.7 Å². The van der Waals surface area contributed by atoms with Crippen molar-refractivity contribution in [2.75, 3.05) is 13.6 Å². The number of aliphatic carboxylic acids is 1. The maximum atomic E-state index is 11.5. The summed E-state index contributed by atoms with van der Waals surface area (Å²) in [6.45, 7) is 0.0949. The molecule has 1 aromatic carbocycles. The lowest BCUT2D eigenvalue weighted by molar-refractivity contribution is -0.141. The molecule has 2 rings (SSSR count). The zero-order valence-corrected chi connectivity index (χ0v) is 11.1. The van der Waals surface area contributed by atoms with E-state index < -0.39 is 12.0 Å². The van der Waals surface area contributed by atoms with Gasteiger partial charge in [0, 0.05) is 23.5 Å². The molecule has 106 valence electrons. The lowest BCUT2D eigenvalue weighted by atomic mass is 10.1. The van der Waals surface area contributed by atoms with E-state index in [2.05, 4.69) is 15.6 Å². The van der Waals surface area contributed by atoms with Crippen LogP contribution in [0, 0.1) is 0 Å². The second-order valence-electron chi connectivity index (χ2n) is 4.55. The Labute approximate surface area is 116 Å². The zero-order valence-electron chi connectivity index (χ0n) is 11.1. The monoisotopic (exact) mass is 275 g/mol. The predicted molar refractivity (Wildman–Crippen MR) is 75.5 cm³/mol. The van der Waals surface area contributed by atoms with Crippen LogP contribution in [0.15, 0.2) is 30.5 Å². The number of fused-ring (bicyclic) bond motifs is 1. The first-order valence-electron chi connectivity index (χ1n) is 6.33. The Morgan fingerprint density at radius 3 is 2.80 bits per heavy atom. The van der Waals surface area contributed by atoms with E-state index in [4.69, 9.17) is 0 Å². The molecule has 0 aliphatic rings. The van der Waals surface area contributed by atoms with Gasteiger partial charge in [0.25, 0.3) is 0 Å². The molecule has 6 heteroatoms. The number of amides is 1. The van der Waals surface area contributed by atoms with Crippen LogP contribution in [0.4, 0.5) is 0 Å². The number of benzene rings is 1. The highest BCUT2D eigenvalue weighted by atomic mass is 16.4. The maximum absolute atomic E-state index is 11.5. The van der Waals surface area contributed by atoms with Gasteiger partial charge in [-0.25, -0.2) is 4.79 Å². The fourth-order valence-corrected chi connectivity index (χ4v) is 2.13. The van der Waals surface area contributed by atoms with Gasteiger partial charge in [-0.15, -0.1) is 0 Å². The minimum absolute atomic E-state index is 0.0949. The third-order valence-electron chi connectivity index (χ3n) is 3.07. The number of carbonyl (C=O) groups excluding carboxylic acids is 1. The second kappa shape index (κ2) is 6.21. The van der Waals surface area contributed by atoms with Crippen molar-refractivity contribution in [3.8, 4) is 0 Å². The molecule has 0 aliphatic carbocycles. The number of para-hydroxylation sites is 1. The number of hydrogen-bond acceptors (Lipinski definition) is 3. The smallest absolute Gasteiger partial charge is 0.326 e. The molecular formula is C14H17N3O3. The molecule has 1 amide bonds. The fourth-order valence-electron chi connectivity index (χ4n) is 2.13. The lowest BCUT2D eigenvalue weighted by Crippen LogP contribution is -2.45. The van der Waals surface area contributed by atoms with E-state index in [0.717, 1.165) is 16.5 Å². The van der Waals surface area contributed by atoms with Crippen LogP contribution >= 0.6 is 0 Å². The molecule has 2 aromatic rings. The third-order valence-corrected chi connectivity index (χ3v) is 3.07. The first-order valence-corrected chi connectivity index (χ1v) is 6.33. The zero-order chi connectivity index (χ0) is 14.5. The quantitative estimate of drug-likeness (QED) is 0.617. The number of carbonyl (C=O) groups is 2. The number of aromatic amines is 1. The average Bonchev–Trinajstić information content (AvgIpc) is 2.82. The van der Waals surface area contributed by atoms with E-state index in [0.29, 0.717) is 0 Å². The van der Waals surface area contributed by atoms with Crippen LogP contribution in [0.5, 0.6) is 0 Å². The number of likely N-dealkylation sites (N-methyl/N-ethyl adjacent to an activating group) is 1. The van der Waals surface area contributed by atoms with Crippen LogP contribution in [0.2, 0.25) is 0 Å². The molecule has 1 heterocycles. The number of hydrogen-bond donors (Lipinski definition) is 4. The topological polar surface area (TPSA) is 94.2 Å². The molecule has 0 saturated carbocycles. The molecule has 0 radical (unpaired) electrons. The van der Waals surface area contributed by atoms with E-state index in [1.807, 2.05) is 24.3 Å². The highest BCUT2D eigenvalue weighted by molar-refractivity contribution is 5.87. The van der Waals surface area contributed by atoms with Crippen molar-refractivity contribution in [1.29, 1.82) is 0 Å². The first kappa shape index (κ1) is 14.1. The summed E-state index contributed by atoms with van der Waals surface area (Å²) in [5.41, 5.74) is 1.82. The number of carboxylic acid groups (broad SMARTS) is 1. The minimum Gasteiger partial charge on any atom is -0.480 e. The molecule has 0 aliphatic heterocycles. The Morgan fingerprint density at radius 2 is 2.10 bits per heavy atom. The van der Waals surface area contributed by atoms with Crippen molar-refractivity contribution in [3.63, 3.8) is 0 Å². The summed E-state index contributed by atoms with van der Waals surface area (Å²) in [5, 5.41) is 15.4. The molecule has 0 spiro atoms. The molecule has 0 saturated heterocycles. The fraction of sp³-hybridized carbons (Fsp3) is 0.286. The van der Waals surface area contributed by atoms with E-state index in [-0.39, 0.29) is 18.9 Å². The molecule has 0 bridgehead atoms. The molecule has 1 aromatic heterocycles. The molecule has 6 nitrogen and oxygen atoms in total. The standard InChI is InChI=1S/C14H17N3O3/c1-15-8-13(18)17-12(14(19)20)6-9-7-16-11-5-3-2-4-10(9)11/h2-5,7,12,15-16H,6,8H2,1H3,(H,17,18)(H,19,20). The normalized spacial score (nSPS) is 12.2. The van der Waals surface area contributed by atoms with Crippen molar-refractivity contribution in [3.05, 3.63) is 36.0 Å². The molecule has 4 N–H and O–H groups in total. The van der Waals surface area contributed by atoms with Crippen LogP contribution in [0.1, 0.15) is 5.56 Å².